The first kappa shape index (κ1) is 23.2. The van der Waals surface area contributed by atoms with Crippen molar-refractivity contribution in [1.29, 1.82) is 5.26 Å². The molecule has 6 nitrogen and oxygen atoms in total. The minimum Gasteiger partial charge on any atom is -0.372 e. The number of carbonyl (C=O) groups excluding carboxylic acids is 1. The van der Waals surface area contributed by atoms with Gasteiger partial charge in [0.15, 0.2) is 0 Å². The summed E-state index contributed by atoms with van der Waals surface area (Å²) in [5, 5.41) is 9.65. The lowest BCUT2D eigenvalue weighted by atomic mass is 9.96. The van der Waals surface area contributed by atoms with Crippen molar-refractivity contribution in [2.75, 3.05) is 31.1 Å². The predicted molar refractivity (Wildman–Crippen MR) is 134 cm³/mol. The molecule has 3 heterocycles. The molecule has 0 atom stereocenters. The average molecular weight is 452 g/mol. The maximum absolute atomic E-state index is 12.7. The molecule has 0 amide bonds. The summed E-state index contributed by atoms with van der Waals surface area (Å²) in [7, 11) is 0. The quantitative estimate of drug-likeness (QED) is 0.532. The molecule has 3 aromatic rings. The highest BCUT2D eigenvalue weighted by atomic mass is 16.1. The van der Waals surface area contributed by atoms with Crippen molar-refractivity contribution in [3.8, 4) is 17.2 Å². The largest absolute Gasteiger partial charge is 0.372 e. The van der Waals surface area contributed by atoms with Crippen LogP contribution in [-0.4, -0.2) is 46.8 Å². The second-order valence-electron chi connectivity index (χ2n) is 8.79. The van der Waals surface area contributed by atoms with Gasteiger partial charge in [0.2, 0.25) is 0 Å². The molecular weight excluding hydrogens is 422 g/mol. The van der Waals surface area contributed by atoms with Crippen LogP contribution in [0, 0.1) is 18.3 Å². The van der Waals surface area contributed by atoms with Gasteiger partial charge in [-0.25, -0.2) is 0 Å². The van der Waals surface area contributed by atoms with Gasteiger partial charge in [-0.1, -0.05) is 18.7 Å². The van der Waals surface area contributed by atoms with Crippen LogP contribution in [0.25, 0.3) is 11.1 Å². The fraction of sp³-hybridized carbons (Fsp3) is 0.286. The predicted octanol–water partition coefficient (Wildman–Crippen LogP) is 4.33. The van der Waals surface area contributed by atoms with Crippen LogP contribution in [0.2, 0.25) is 0 Å². The molecule has 1 aliphatic rings. The number of benzene rings is 1. The Morgan fingerprint density at radius 1 is 1.06 bits per heavy atom. The standard InChI is InChI=1S/C28H29N5O/c1-20(2)32-10-12-33(13-11-32)26-6-5-25(31-19-26)17-27(34)16-22-4-7-28(24(15-22)18-29)23-8-9-30-21(3)14-23/h4-9,14-15,19H,1,10-13,16-17H2,2-3H3. The molecule has 34 heavy (non-hydrogen) atoms. The van der Waals surface area contributed by atoms with E-state index >= 15 is 0 Å². The number of anilines is 1. The van der Waals surface area contributed by atoms with Crippen molar-refractivity contribution >= 4 is 11.5 Å². The molecule has 6 heteroatoms. The Hall–Kier alpha value is -3.98. The number of aromatic nitrogens is 2. The Labute approximate surface area is 201 Å². The Balaban J connectivity index is 1.37. The van der Waals surface area contributed by atoms with Crippen LogP contribution in [0.3, 0.4) is 0 Å². The molecule has 1 fully saturated rings. The fourth-order valence-corrected chi connectivity index (χ4v) is 4.31. The van der Waals surface area contributed by atoms with Crippen LogP contribution in [0.15, 0.2) is 67.1 Å². The normalized spacial score (nSPS) is 13.4. The molecule has 172 valence electrons. The molecule has 4 rings (SSSR count). The maximum atomic E-state index is 12.7. The number of hydrogen-bond donors (Lipinski definition) is 0. The minimum atomic E-state index is 0.0757. The van der Waals surface area contributed by atoms with Gasteiger partial charge in [0.1, 0.15) is 5.78 Å². The number of aryl methyl sites for hydroxylation is 1. The summed E-state index contributed by atoms with van der Waals surface area (Å²) >= 11 is 0. The van der Waals surface area contributed by atoms with Gasteiger partial charge in [0.25, 0.3) is 0 Å². The summed E-state index contributed by atoms with van der Waals surface area (Å²) in [4.78, 5) is 26.1. The highest BCUT2D eigenvalue weighted by molar-refractivity contribution is 5.83. The van der Waals surface area contributed by atoms with E-state index in [1.807, 2.05) is 62.5 Å². The number of piperazine rings is 1. The number of ketones is 1. The van der Waals surface area contributed by atoms with E-state index in [9.17, 15) is 10.1 Å². The molecule has 0 N–H and O–H groups in total. The number of nitriles is 1. The molecule has 1 saturated heterocycles. The van der Waals surface area contributed by atoms with E-state index in [4.69, 9.17) is 0 Å². The maximum Gasteiger partial charge on any atom is 0.143 e. The second-order valence-corrected chi connectivity index (χ2v) is 8.79. The van der Waals surface area contributed by atoms with Gasteiger partial charge < -0.3 is 9.80 Å². The topological polar surface area (TPSA) is 73.1 Å². The monoisotopic (exact) mass is 451 g/mol. The molecule has 0 radical (unpaired) electrons. The van der Waals surface area contributed by atoms with Crippen LogP contribution >= 0.6 is 0 Å². The molecular formula is C28H29N5O. The van der Waals surface area contributed by atoms with Gasteiger partial charge >= 0.3 is 0 Å². The lowest BCUT2D eigenvalue weighted by molar-refractivity contribution is -0.117. The van der Waals surface area contributed by atoms with Crippen molar-refractivity contribution in [2.45, 2.75) is 26.7 Å². The van der Waals surface area contributed by atoms with Gasteiger partial charge in [-0.05, 0) is 60.9 Å². The first-order valence-corrected chi connectivity index (χ1v) is 11.5. The third-order valence-electron chi connectivity index (χ3n) is 6.19. The third-order valence-corrected chi connectivity index (χ3v) is 6.19. The minimum absolute atomic E-state index is 0.0757. The van der Waals surface area contributed by atoms with Gasteiger partial charge in [0.05, 0.1) is 23.5 Å². The number of pyridine rings is 2. The molecule has 0 spiro atoms. The smallest absolute Gasteiger partial charge is 0.143 e. The number of carbonyl (C=O) groups is 1. The van der Waals surface area contributed by atoms with E-state index in [0.29, 0.717) is 5.56 Å². The van der Waals surface area contributed by atoms with Crippen LogP contribution in [0.5, 0.6) is 0 Å². The zero-order valence-electron chi connectivity index (χ0n) is 19.8. The molecule has 0 unspecified atom stereocenters. The van der Waals surface area contributed by atoms with Crippen LogP contribution in [0.1, 0.15) is 29.4 Å². The number of allylic oxidation sites excluding steroid dienone is 1. The summed E-state index contributed by atoms with van der Waals surface area (Å²) < 4.78 is 0. The molecule has 1 aromatic carbocycles. The van der Waals surface area contributed by atoms with E-state index in [1.54, 1.807) is 6.20 Å². The fourth-order valence-electron chi connectivity index (χ4n) is 4.31. The molecule has 1 aliphatic heterocycles. The van der Waals surface area contributed by atoms with E-state index < -0.39 is 0 Å². The Morgan fingerprint density at radius 2 is 1.85 bits per heavy atom. The van der Waals surface area contributed by atoms with Crippen molar-refractivity contribution < 1.29 is 4.79 Å². The molecule has 0 bridgehead atoms. The Bertz CT molecular complexity index is 1230. The van der Waals surface area contributed by atoms with Crippen LogP contribution < -0.4 is 4.90 Å². The summed E-state index contributed by atoms with van der Waals surface area (Å²) in [6.07, 6.45) is 4.15. The Morgan fingerprint density at radius 3 is 2.50 bits per heavy atom. The summed E-state index contributed by atoms with van der Waals surface area (Å²) in [5.74, 6) is 0.0757. The average Bonchev–Trinajstić information content (AvgIpc) is 2.84. The highest BCUT2D eigenvalue weighted by Gasteiger charge is 2.17. The van der Waals surface area contributed by atoms with E-state index in [0.717, 1.165) is 65.6 Å². The van der Waals surface area contributed by atoms with E-state index in [2.05, 4.69) is 32.4 Å². The Kier molecular flexibility index (Phi) is 7.03. The van der Waals surface area contributed by atoms with Gasteiger partial charge in [-0.15, -0.1) is 0 Å². The van der Waals surface area contributed by atoms with Gasteiger partial charge in [0, 0.05) is 62.3 Å². The van der Waals surface area contributed by atoms with Crippen molar-refractivity contribution in [2.24, 2.45) is 0 Å². The van der Waals surface area contributed by atoms with Crippen LogP contribution in [0.4, 0.5) is 5.69 Å². The summed E-state index contributed by atoms with van der Waals surface area (Å²) in [5.41, 5.74) is 7.05. The molecule has 0 saturated carbocycles. The zero-order valence-corrected chi connectivity index (χ0v) is 19.8. The van der Waals surface area contributed by atoms with Gasteiger partial charge in [-0.3, -0.25) is 14.8 Å². The van der Waals surface area contributed by atoms with Crippen LogP contribution in [-0.2, 0) is 17.6 Å². The zero-order chi connectivity index (χ0) is 24.1. The van der Waals surface area contributed by atoms with E-state index in [-0.39, 0.29) is 18.6 Å². The van der Waals surface area contributed by atoms with Crippen molar-refractivity contribution in [1.82, 2.24) is 14.9 Å². The highest BCUT2D eigenvalue weighted by Crippen LogP contribution is 2.25. The van der Waals surface area contributed by atoms with Crippen molar-refractivity contribution in [3.63, 3.8) is 0 Å². The number of hydrogen-bond acceptors (Lipinski definition) is 6. The first-order chi connectivity index (χ1) is 16.4. The first-order valence-electron chi connectivity index (χ1n) is 11.5. The third kappa shape index (κ3) is 5.49. The van der Waals surface area contributed by atoms with Gasteiger partial charge in [-0.2, -0.15) is 5.26 Å². The van der Waals surface area contributed by atoms with E-state index in [1.165, 1.54) is 0 Å². The second kappa shape index (κ2) is 10.3. The SMILES string of the molecule is C=C(C)N1CCN(c2ccc(CC(=O)Cc3ccc(-c4ccnc(C)c4)c(C#N)c3)nc2)CC1. The lowest BCUT2D eigenvalue weighted by Crippen LogP contribution is -2.45. The number of rotatable bonds is 7. The summed E-state index contributed by atoms with van der Waals surface area (Å²) in [6, 6.07) is 15.7. The number of Topliss-reactive ketones (excluding diaryl/α,β-unsaturated/α-hetero) is 1. The summed E-state index contributed by atoms with van der Waals surface area (Å²) in [6.45, 7) is 11.8. The molecule has 2 aromatic heterocycles. The van der Waals surface area contributed by atoms with Crippen molar-refractivity contribution in [3.05, 3.63) is 89.6 Å². The number of nitrogens with zero attached hydrogens (tertiary/aromatic N) is 5. The lowest BCUT2D eigenvalue weighted by Gasteiger charge is -2.37. The molecule has 0 aliphatic carbocycles.